The molecule has 1 aromatic rings. The standard InChI is InChI=1S/C15H15N.3C2H6/c1-4-12-9(3)13-7-10-6-11(10)8-15(13)16-14(12)5-2;3*1-2/h4-5,7-8,10-11H,1-2,6H2,3H3;3*1-2H3. The Kier molecular flexibility index (Phi) is 9.40. The van der Waals surface area contributed by atoms with Crippen LogP contribution in [0.15, 0.2) is 13.2 Å². The van der Waals surface area contributed by atoms with Gasteiger partial charge in [-0.05, 0) is 42.0 Å². The van der Waals surface area contributed by atoms with Crippen molar-refractivity contribution in [2.75, 3.05) is 0 Å². The molecule has 2 aliphatic rings. The number of aromatic nitrogens is 1. The van der Waals surface area contributed by atoms with E-state index < -0.39 is 0 Å². The predicted octanol–water partition coefficient (Wildman–Crippen LogP) is 4.97. The van der Waals surface area contributed by atoms with Gasteiger partial charge in [0.15, 0.2) is 0 Å². The normalized spacial score (nSPS) is 18.7. The van der Waals surface area contributed by atoms with Crippen molar-refractivity contribution in [1.29, 1.82) is 0 Å². The quantitative estimate of drug-likeness (QED) is 0.751. The molecule has 1 heteroatoms. The summed E-state index contributed by atoms with van der Waals surface area (Å²) in [4.78, 5) is 4.66. The zero-order chi connectivity index (χ0) is 17.3. The van der Waals surface area contributed by atoms with Crippen molar-refractivity contribution in [3.05, 3.63) is 40.5 Å². The summed E-state index contributed by atoms with van der Waals surface area (Å²) < 4.78 is 0. The lowest BCUT2D eigenvalue weighted by Crippen LogP contribution is -2.34. The van der Waals surface area contributed by atoms with Crippen molar-refractivity contribution in [3.63, 3.8) is 0 Å². The topological polar surface area (TPSA) is 12.9 Å². The number of nitrogens with zero attached hydrogens (tertiary/aromatic N) is 1. The second-order valence-corrected chi connectivity index (χ2v) is 4.64. The second kappa shape index (κ2) is 10.2. The van der Waals surface area contributed by atoms with Crippen molar-refractivity contribution >= 4 is 24.3 Å². The molecule has 1 saturated carbocycles. The minimum absolute atomic E-state index is 0.742. The van der Waals surface area contributed by atoms with Crippen LogP contribution in [-0.2, 0) is 0 Å². The monoisotopic (exact) mass is 299 g/mol. The lowest BCUT2D eigenvalue weighted by atomic mass is 10.0. The molecule has 122 valence electrons. The molecule has 1 heterocycles. The maximum absolute atomic E-state index is 4.66. The Morgan fingerprint density at radius 2 is 1.50 bits per heavy atom. The maximum atomic E-state index is 4.66. The highest BCUT2D eigenvalue weighted by Gasteiger charge is 2.35. The Bertz CT molecular complexity index is 608. The molecule has 0 amide bonds. The minimum Gasteiger partial charge on any atom is -0.248 e. The summed E-state index contributed by atoms with van der Waals surface area (Å²) in [5.41, 5.74) is 3.36. The molecule has 2 atom stereocenters. The van der Waals surface area contributed by atoms with Gasteiger partial charge in [0.2, 0.25) is 0 Å². The van der Waals surface area contributed by atoms with Crippen LogP contribution in [0.4, 0.5) is 0 Å². The molecule has 0 spiro atoms. The molecule has 22 heavy (non-hydrogen) atoms. The van der Waals surface area contributed by atoms with Gasteiger partial charge in [-0.1, -0.05) is 72.9 Å². The first-order valence-corrected chi connectivity index (χ1v) is 8.73. The van der Waals surface area contributed by atoms with E-state index in [4.69, 9.17) is 0 Å². The highest BCUT2D eigenvalue weighted by Crippen LogP contribution is 2.41. The van der Waals surface area contributed by atoms with Gasteiger partial charge in [0, 0.05) is 5.56 Å². The van der Waals surface area contributed by atoms with E-state index in [9.17, 15) is 0 Å². The molecule has 0 saturated heterocycles. The molecular weight excluding hydrogens is 266 g/mol. The van der Waals surface area contributed by atoms with E-state index in [1.807, 2.05) is 53.7 Å². The van der Waals surface area contributed by atoms with Gasteiger partial charge in [0.05, 0.1) is 11.0 Å². The Hall–Kier alpha value is -1.63. The zero-order valence-electron chi connectivity index (χ0n) is 15.5. The van der Waals surface area contributed by atoms with Gasteiger partial charge in [0.25, 0.3) is 0 Å². The molecule has 1 fully saturated rings. The number of hydrogen-bond acceptors (Lipinski definition) is 1. The van der Waals surface area contributed by atoms with E-state index in [1.54, 1.807) is 0 Å². The van der Waals surface area contributed by atoms with Crippen molar-refractivity contribution < 1.29 is 0 Å². The second-order valence-electron chi connectivity index (χ2n) is 4.64. The van der Waals surface area contributed by atoms with Crippen molar-refractivity contribution in [2.45, 2.75) is 54.9 Å². The van der Waals surface area contributed by atoms with E-state index in [1.165, 1.54) is 17.2 Å². The molecule has 2 unspecified atom stereocenters. The van der Waals surface area contributed by atoms with Crippen LogP contribution in [0.3, 0.4) is 0 Å². The van der Waals surface area contributed by atoms with Crippen LogP contribution in [0.2, 0.25) is 0 Å². The minimum atomic E-state index is 0.742. The Morgan fingerprint density at radius 3 is 2.00 bits per heavy atom. The summed E-state index contributed by atoms with van der Waals surface area (Å²) in [6.45, 7) is 21.8. The predicted molar refractivity (Wildman–Crippen MR) is 103 cm³/mol. The summed E-state index contributed by atoms with van der Waals surface area (Å²) in [5.74, 6) is 1.51. The molecule has 0 radical (unpaired) electrons. The molecule has 3 rings (SSSR count). The van der Waals surface area contributed by atoms with Gasteiger partial charge < -0.3 is 0 Å². The Balaban J connectivity index is 0.000000661. The van der Waals surface area contributed by atoms with Crippen LogP contribution in [0.5, 0.6) is 0 Å². The summed E-state index contributed by atoms with van der Waals surface area (Å²) in [6.07, 6.45) is 9.68. The number of rotatable bonds is 2. The lowest BCUT2D eigenvalue weighted by molar-refractivity contribution is 1.02. The van der Waals surface area contributed by atoms with E-state index >= 15 is 0 Å². The van der Waals surface area contributed by atoms with Gasteiger partial charge in [-0.25, -0.2) is 4.98 Å². The van der Waals surface area contributed by atoms with Gasteiger partial charge >= 0.3 is 0 Å². The fourth-order valence-electron chi connectivity index (χ4n) is 2.57. The summed E-state index contributed by atoms with van der Waals surface area (Å²) in [7, 11) is 0. The van der Waals surface area contributed by atoms with Crippen LogP contribution in [0.1, 0.15) is 64.8 Å². The molecule has 0 N–H and O–H groups in total. The van der Waals surface area contributed by atoms with Crippen molar-refractivity contribution in [1.82, 2.24) is 4.98 Å². The fraction of sp³-hybridized carbons (Fsp3) is 0.476. The summed E-state index contributed by atoms with van der Waals surface area (Å²) >= 11 is 0. The Labute approximate surface area is 137 Å². The lowest BCUT2D eigenvalue weighted by Gasteiger charge is -2.09. The first kappa shape index (κ1) is 20.4. The highest BCUT2D eigenvalue weighted by atomic mass is 14.7. The largest absolute Gasteiger partial charge is 0.248 e. The number of pyridine rings is 1. The van der Waals surface area contributed by atoms with Crippen LogP contribution < -0.4 is 10.6 Å². The maximum Gasteiger partial charge on any atom is 0.0706 e. The third-order valence-electron chi connectivity index (χ3n) is 3.64. The summed E-state index contributed by atoms with van der Waals surface area (Å²) in [6, 6.07) is 0. The number of hydrogen-bond donors (Lipinski definition) is 0. The van der Waals surface area contributed by atoms with E-state index in [0.717, 1.165) is 28.4 Å². The van der Waals surface area contributed by atoms with Crippen LogP contribution >= 0.6 is 0 Å². The van der Waals surface area contributed by atoms with Gasteiger partial charge in [0.1, 0.15) is 0 Å². The SMILES string of the molecule is C=Cc1nc2c(c(C)c1C=C)=CC1CC1C=2.CC.CC.CC. The highest BCUT2D eigenvalue weighted by molar-refractivity contribution is 5.65. The molecule has 1 nitrogen and oxygen atoms in total. The third kappa shape index (κ3) is 4.19. The average Bonchev–Trinajstić information content (AvgIpc) is 3.37. The molecule has 0 bridgehead atoms. The first-order valence-electron chi connectivity index (χ1n) is 8.73. The van der Waals surface area contributed by atoms with Crippen molar-refractivity contribution in [2.24, 2.45) is 11.8 Å². The van der Waals surface area contributed by atoms with Gasteiger partial charge in [-0.15, -0.1) is 0 Å². The van der Waals surface area contributed by atoms with Gasteiger partial charge in [-0.3, -0.25) is 0 Å². The van der Waals surface area contributed by atoms with Crippen molar-refractivity contribution in [3.8, 4) is 0 Å². The first-order chi connectivity index (χ1) is 10.7. The number of fused-ring (bicyclic) bond motifs is 2. The molecule has 2 aliphatic carbocycles. The van der Waals surface area contributed by atoms with Crippen LogP contribution in [-0.4, -0.2) is 4.98 Å². The van der Waals surface area contributed by atoms with Crippen LogP contribution in [0.25, 0.3) is 24.3 Å². The molecule has 0 aromatic carbocycles. The smallest absolute Gasteiger partial charge is 0.0706 e. The van der Waals surface area contributed by atoms with Gasteiger partial charge in [-0.2, -0.15) is 0 Å². The van der Waals surface area contributed by atoms with E-state index in [2.05, 4.69) is 37.2 Å². The fourth-order valence-corrected chi connectivity index (χ4v) is 2.57. The van der Waals surface area contributed by atoms with E-state index in [-0.39, 0.29) is 0 Å². The third-order valence-corrected chi connectivity index (χ3v) is 3.64. The average molecular weight is 300 g/mol. The summed E-state index contributed by atoms with van der Waals surface area (Å²) in [5, 5.41) is 2.44. The molecule has 1 aromatic heterocycles. The zero-order valence-corrected chi connectivity index (χ0v) is 15.5. The molecular formula is C21H33N. The Morgan fingerprint density at radius 1 is 0.955 bits per heavy atom. The molecule has 0 aliphatic heterocycles. The van der Waals surface area contributed by atoms with Crippen LogP contribution in [0, 0.1) is 18.8 Å². The van der Waals surface area contributed by atoms with E-state index in [0.29, 0.717) is 0 Å².